The van der Waals surface area contributed by atoms with Gasteiger partial charge in [0, 0.05) is 43.1 Å². The molecule has 35 heavy (non-hydrogen) atoms. The van der Waals surface area contributed by atoms with Crippen molar-refractivity contribution in [1.29, 1.82) is 0 Å². The van der Waals surface area contributed by atoms with Crippen LogP contribution in [0.3, 0.4) is 0 Å². The summed E-state index contributed by atoms with van der Waals surface area (Å²) in [5.74, 6) is -1.09. The second-order valence-corrected chi connectivity index (χ2v) is 8.54. The molecule has 4 rings (SSSR count). The van der Waals surface area contributed by atoms with Crippen LogP contribution < -0.4 is 11.1 Å². The van der Waals surface area contributed by atoms with Gasteiger partial charge in [0.2, 0.25) is 0 Å². The maximum atomic E-state index is 13.5. The monoisotopic (exact) mass is 504 g/mol. The van der Waals surface area contributed by atoms with Crippen molar-refractivity contribution in [2.24, 2.45) is 11.7 Å². The Hall–Kier alpha value is -3.58. The number of amides is 2. The van der Waals surface area contributed by atoms with Crippen molar-refractivity contribution < 1.29 is 35.5 Å². The number of hydrogen-bond donors (Lipinski definition) is 2. The van der Waals surface area contributed by atoms with E-state index in [-0.39, 0.29) is 31.4 Å². The Labute approximate surface area is 193 Å². The van der Waals surface area contributed by atoms with E-state index in [4.69, 9.17) is 5.73 Å². The average Bonchev–Trinajstić information content (AvgIpc) is 3.15. The summed E-state index contributed by atoms with van der Waals surface area (Å²) in [6, 6.07) is 5.79. The third-order valence-electron chi connectivity index (χ3n) is 6.24. The number of likely N-dealkylation sites (tertiary alicyclic amines) is 1. The number of carbonyl (C=O) groups excluding carboxylic acids is 1. The third kappa shape index (κ3) is 4.68. The molecular formula is C21H19F7N6O. The summed E-state index contributed by atoms with van der Waals surface area (Å²) in [5.41, 5.74) is 1.60. The lowest BCUT2D eigenvalue weighted by Gasteiger charge is -2.49. The lowest BCUT2D eigenvalue weighted by molar-refractivity contribution is -0.142. The number of aromatic nitrogens is 3. The molecular weight excluding hydrogens is 485 g/mol. The van der Waals surface area contributed by atoms with Gasteiger partial charge in [-0.1, -0.05) is 19.1 Å². The standard InChI is InChI=1S/C21H19F7N6O/c1-19(11-2-4-13(22)5-3-11,12-8-33(9-12)18(29)35)10-30-16-6-14(20(23,24)25)31-17-7-15(21(26,27)28)32-34(16)17/h2-7,12,30H,8-10H2,1H3,(H2,29,35). The molecule has 1 aliphatic heterocycles. The van der Waals surface area contributed by atoms with Crippen LogP contribution in [-0.4, -0.2) is 45.2 Å². The van der Waals surface area contributed by atoms with E-state index in [0.29, 0.717) is 22.2 Å². The molecule has 3 heterocycles. The molecule has 1 unspecified atom stereocenters. The molecule has 188 valence electrons. The smallest absolute Gasteiger partial charge is 0.369 e. The van der Waals surface area contributed by atoms with E-state index in [2.05, 4.69) is 15.4 Å². The number of primary amides is 1. The van der Waals surface area contributed by atoms with E-state index < -0.39 is 46.7 Å². The van der Waals surface area contributed by atoms with Crippen LogP contribution in [0.5, 0.6) is 0 Å². The minimum Gasteiger partial charge on any atom is -0.369 e. The van der Waals surface area contributed by atoms with Crippen LogP contribution in [-0.2, 0) is 17.8 Å². The highest BCUT2D eigenvalue weighted by atomic mass is 19.4. The Morgan fingerprint density at radius 3 is 2.20 bits per heavy atom. The fraction of sp³-hybridized carbons (Fsp3) is 0.381. The number of urea groups is 1. The molecule has 7 nitrogen and oxygen atoms in total. The van der Waals surface area contributed by atoms with Crippen LogP contribution in [0.25, 0.3) is 5.65 Å². The number of nitrogens with one attached hydrogen (secondary N) is 1. The van der Waals surface area contributed by atoms with Crippen LogP contribution in [0, 0.1) is 11.7 Å². The Morgan fingerprint density at radius 2 is 1.66 bits per heavy atom. The Morgan fingerprint density at radius 1 is 1.06 bits per heavy atom. The van der Waals surface area contributed by atoms with E-state index in [1.807, 2.05) is 0 Å². The average molecular weight is 504 g/mol. The molecule has 2 amide bonds. The maximum Gasteiger partial charge on any atom is 0.435 e. The van der Waals surface area contributed by atoms with Crippen molar-refractivity contribution in [3.63, 3.8) is 0 Å². The number of anilines is 1. The summed E-state index contributed by atoms with van der Waals surface area (Å²) < 4.78 is 93.9. The molecule has 14 heteroatoms. The summed E-state index contributed by atoms with van der Waals surface area (Å²) in [6.45, 7) is 2.16. The van der Waals surface area contributed by atoms with Gasteiger partial charge in [-0.05, 0) is 17.7 Å². The first-order valence-corrected chi connectivity index (χ1v) is 10.3. The molecule has 3 N–H and O–H groups in total. The zero-order valence-electron chi connectivity index (χ0n) is 18.1. The molecule has 0 saturated carbocycles. The predicted octanol–water partition coefficient (Wildman–Crippen LogP) is 4.29. The van der Waals surface area contributed by atoms with E-state index in [1.54, 1.807) is 6.92 Å². The van der Waals surface area contributed by atoms with Gasteiger partial charge in [-0.3, -0.25) is 0 Å². The lowest BCUT2D eigenvalue weighted by Crippen LogP contribution is -2.60. The molecule has 1 saturated heterocycles. The van der Waals surface area contributed by atoms with Gasteiger partial charge in [-0.2, -0.15) is 36.0 Å². The fourth-order valence-electron chi connectivity index (χ4n) is 4.03. The minimum atomic E-state index is -4.92. The number of halogens is 7. The van der Waals surface area contributed by atoms with Crippen molar-refractivity contribution in [2.75, 3.05) is 25.0 Å². The first kappa shape index (κ1) is 24.5. The zero-order valence-corrected chi connectivity index (χ0v) is 18.1. The van der Waals surface area contributed by atoms with Crippen LogP contribution >= 0.6 is 0 Å². The molecule has 0 radical (unpaired) electrons. The van der Waals surface area contributed by atoms with E-state index in [0.717, 1.165) is 0 Å². The number of rotatable bonds is 5. The van der Waals surface area contributed by atoms with Crippen molar-refractivity contribution in [2.45, 2.75) is 24.7 Å². The molecule has 1 atom stereocenters. The fourth-order valence-corrected chi connectivity index (χ4v) is 4.03. The first-order chi connectivity index (χ1) is 16.2. The quantitative estimate of drug-likeness (QED) is 0.508. The van der Waals surface area contributed by atoms with Gasteiger partial charge in [0.1, 0.15) is 11.6 Å². The van der Waals surface area contributed by atoms with Gasteiger partial charge in [-0.15, -0.1) is 0 Å². The van der Waals surface area contributed by atoms with Crippen molar-refractivity contribution in [1.82, 2.24) is 19.5 Å². The van der Waals surface area contributed by atoms with Crippen molar-refractivity contribution in [3.8, 4) is 0 Å². The van der Waals surface area contributed by atoms with Crippen molar-refractivity contribution in [3.05, 3.63) is 59.2 Å². The number of nitrogens with two attached hydrogens (primary N) is 1. The highest BCUT2D eigenvalue weighted by molar-refractivity contribution is 5.73. The molecule has 1 aliphatic rings. The van der Waals surface area contributed by atoms with Gasteiger partial charge in [0.25, 0.3) is 0 Å². The number of alkyl halides is 6. The molecule has 1 fully saturated rings. The minimum absolute atomic E-state index is 0.0759. The second kappa shape index (κ2) is 8.27. The van der Waals surface area contributed by atoms with Gasteiger partial charge < -0.3 is 16.0 Å². The summed E-state index contributed by atoms with van der Waals surface area (Å²) >= 11 is 0. The SMILES string of the molecule is CC(CNc1cc(C(F)(F)F)nc2cc(C(F)(F)F)nn12)(c1ccc(F)cc1)C1CN(C(N)=O)C1. The summed E-state index contributed by atoms with van der Waals surface area (Å²) in [7, 11) is 0. The molecule has 0 bridgehead atoms. The van der Waals surface area contributed by atoms with Crippen LogP contribution in [0.15, 0.2) is 36.4 Å². The molecule has 0 spiro atoms. The largest absolute Gasteiger partial charge is 0.435 e. The first-order valence-electron chi connectivity index (χ1n) is 10.3. The van der Waals surface area contributed by atoms with Crippen LogP contribution in [0.1, 0.15) is 23.9 Å². The van der Waals surface area contributed by atoms with Crippen LogP contribution in [0.2, 0.25) is 0 Å². The van der Waals surface area contributed by atoms with Crippen molar-refractivity contribution >= 4 is 17.5 Å². The van der Waals surface area contributed by atoms with Gasteiger partial charge in [-0.25, -0.2) is 14.2 Å². The summed E-state index contributed by atoms with van der Waals surface area (Å²) in [6.07, 6.45) is -9.81. The number of benzene rings is 1. The number of carbonyl (C=O) groups is 1. The highest BCUT2D eigenvalue weighted by Gasteiger charge is 2.45. The molecule has 2 aromatic heterocycles. The maximum absolute atomic E-state index is 13.5. The molecule has 3 aromatic rings. The lowest BCUT2D eigenvalue weighted by atomic mass is 9.68. The summed E-state index contributed by atoms with van der Waals surface area (Å²) in [4.78, 5) is 16.1. The number of fused-ring (bicyclic) bond motifs is 1. The zero-order chi connectivity index (χ0) is 25.8. The van der Waals surface area contributed by atoms with Crippen LogP contribution in [0.4, 0.5) is 41.3 Å². The Kier molecular flexibility index (Phi) is 5.80. The molecule has 1 aromatic carbocycles. The van der Waals surface area contributed by atoms with Gasteiger partial charge >= 0.3 is 18.4 Å². The molecule has 0 aliphatic carbocycles. The van der Waals surface area contributed by atoms with Gasteiger partial charge in [0.05, 0.1) is 0 Å². The van der Waals surface area contributed by atoms with E-state index >= 15 is 0 Å². The topological polar surface area (TPSA) is 88.6 Å². The Balaban J connectivity index is 1.73. The predicted molar refractivity (Wildman–Crippen MR) is 110 cm³/mol. The number of nitrogens with zero attached hydrogens (tertiary/aromatic N) is 4. The third-order valence-corrected chi connectivity index (χ3v) is 6.24. The Bertz CT molecular complexity index is 1250. The normalized spacial score (nSPS) is 16.7. The van der Waals surface area contributed by atoms with E-state index in [1.165, 1.54) is 29.2 Å². The van der Waals surface area contributed by atoms with E-state index in [9.17, 15) is 35.5 Å². The summed E-state index contributed by atoms with van der Waals surface area (Å²) in [5, 5.41) is 6.16. The number of hydrogen-bond acceptors (Lipinski definition) is 4. The second-order valence-electron chi connectivity index (χ2n) is 8.54. The van der Waals surface area contributed by atoms with Gasteiger partial charge in [0.15, 0.2) is 17.0 Å². The highest BCUT2D eigenvalue weighted by Crippen LogP contribution is 2.39.